The molecular formula is C14H25N3S. The van der Waals surface area contributed by atoms with Gasteiger partial charge in [0.1, 0.15) is 0 Å². The number of rotatable bonds is 6. The van der Waals surface area contributed by atoms with E-state index in [2.05, 4.69) is 42.8 Å². The second kappa shape index (κ2) is 6.11. The minimum Gasteiger partial charge on any atom is -0.310 e. The summed E-state index contributed by atoms with van der Waals surface area (Å²) in [6.45, 7) is 6.32. The molecule has 1 aromatic rings. The van der Waals surface area contributed by atoms with Gasteiger partial charge in [0.05, 0.1) is 5.69 Å². The Bertz CT molecular complexity index is 367. The lowest BCUT2D eigenvalue weighted by atomic mass is 10.1. The monoisotopic (exact) mass is 267 g/mol. The topological polar surface area (TPSA) is 29.9 Å². The van der Waals surface area contributed by atoms with Gasteiger partial charge >= 0.3 is 0 Å². The molecule has 102 valence electrons. The third kappa shape index (κ3) is 3.29. The van der Waals surface area contributed by atoms with Gasteiger partial charge in [0.2, 0.25) is 0 Å². The van der Waals surface area contributed by atoms with Gasteiger partial charge in [0.15, 0.2) is 0 Å². The fourth-order valence-electron chi connectivity index (χ4n) is 2.65. The molecule has 18 heavy (non-hydrogen) atoms. The molecule has 0 amide bonds. The summed E-state index contributed by atoms with van der Waals surface area (Å²) in [5.41, 5.74) is 1.15. The Morgan fingerprint density at radius 3 is 2.72 bits per heavy atom. The quantitative estimate of drug-likeness (QED) is 0.858. The molecule has 1 fully saturated rings. The molecule has 0 aromatic carbocycles. The first-order chi connectivity index (χ1) is 8.65. The van der Waals surface area contributed by atoms with Crippen molar-refractivity contribution in [2.24, 2.45) is 0 Å². The summed E-state index contributed by atoms with van der Waals surface area (Å²) in [4.78, 5) is 0. The Morgan fingerprint density at radius 2 is 2.17 bits per heavy atom. The number of aromatic nitrogens is 2. The molecule has 1 heterocycles. The molecule has 0 unspecified atom stereocenters. The van der Waals surface area contributed by atoms with Gasteiger partial charge in [-0.2, -0.15) is 16.9 Å². The first-order valence-electron chi connectivity index (χ1n) is 6.95. The van der Waals surface area contributed by atoms with Crippen LogP contribution in [0.4, 0.5) is 0 Å². The molecule has 1 saturated carbocycles. The number of hydrogen-bond donors (Lipinski definition) is 1. The number of nitrogens with one attached hydrogen (secondary N) is 1. The summed E-state index contributed by atoms with van der Waals surface area (Å²) in [5.74, 6) is 0. The van der Waals surface area contributed by atoms with Crippen LogP contribution in [0.3, 0.4) is 0 Å². The Morgan fingerprint density at radius 1 is 1.44 bits per heavy atom. The van der Waals surface area contributed by atoms with Crippen LogP contribution in [-0.2, 0) is 6.54 Å². The molecule has 1 aliphatic carbocycles. The van der Waals surface area contributed by atoms with Crippen LogP contribution in [0.25, 0.3) is 0 Å². The van der Waals surface area contributed by atoms with Crippen molar-refractivity contribution in [2.45, 2.75) is 56.9 Å². The van der Waals surface area contributed by atoms with Crippen LogP contribution in [0.5, 0.6) is 0 Å². The standard InChI is InChI=1S/C14H25N3S/c1-12(2)17-9-6-13(16-17)10-15-11-14(18-3)7-4-5-8-14/h6,9,12,15H,4-5,7-8,10-11H2,1-3H3. The zero-order valence-corrected chi connectivity index (χ0v) is 12.6. The van der Waals surface area contributed by atoms with Crippen LogP contribution in [-0.4, -0.2) is 27.3 Å². The zero-order valence-electron chi connectivity index (χ0n) is 11.8. The van der Waals surface area contributed by atoms with E-state index in [0.29, 0.717) is 10.8 Å². The van der Waals surface area contributed by atoms with E-state index >= 15 is 0 Å². The average molecular weight is 267 g/mol. The van der Waals surface area contributed by atoms with Gasteiger partial charge in [-0.05, 0) is 39.0 Å². The molecule has 0 spiro atoms. The molecule has 0 atom stereocenters. The first-order valence-corrected chi connectivity index (χ1v) is 8.18. The van der Waals surface area contributed by atoms with Crippen LogP contribution >= 0.6 is 11.8 Å². The van der Waals surface area contributed by atoms with Gasteiger partial charge < -0.3 is 5.32 Å². The highest BCUT2D eigenvalue weighted by Crippen LogP contribution is 2.39. The first kappa shape index (κ1) is 13.9. The zero-order chi connectivity index (χ0) is 13.0. The van der Waals surface area contributed by atoms with Crippen LogP contribution in [0.1, 0.15) is 51.3 Å². The highest BCUT2D eigenvalue weighted by atomic mass is 32.2. The molecule has 0 radical (unpaired) electrons. The Kier molecular flexibility index (Phi) is 4.73. The Balaban J connectivity index is 1.80. The molecule has 4 heteroatoms. The molecular weight excluding hydrogens is 242 g/mol. The van der Waals surface area contributed by atoms with Crippen molar-refractivity contribution in [3.8, 4) is 0 Å². The summed E-state index contributed by atoms with van der Waals surface area (Å²) >= 11 is 2.04. The van der Waals surface area contributed by atoms with Crippen LogP contribution < -0.4 is 5.32 Å². The SMILES string of the molecule is CSC1(CNCc2ccn(C(C)C)n2)CCCC1. The number of hydrogen-bond acceptors (Lipinski definition) is 3. The molecule has 3 nitrogen and oxygen atoms in total. The van der Waals surface area contributed by atoms with Crippen molar-refractivity contribution >= 4 is 11.8 Å². The highest BCUT2D eigenvalue weighted by molar-refractivity contribution is 8.00. The van der Waals surface area contributed by atoms with Gasteiger partial charge in [0, 0.05) is 30.1 Å². The largest absolute Gasteiger partial charge is 0.310 e. The maximum absolute atomic E-state index is 4.57. The number of thioether (sulfide) groups is 1. The lowest BCUT2D eigenvalue weighted by molar-refractivity contribution is 0.506. The molecule has 0 bridgehead atoms. The van der Waals surface area contributed by atoms with Gasteiger partial charge in [0.25, 0.3) is 0 Å². The maximum Gasteiger partial charge on any atom is 0.0762 e. The number of nitrogens with zero attached hydrogens (tertiary/aromatic N) is 2. The van der Waals surface area contributed by atoms with Gasteiger partial charge in [-0.3, -0.25) is 4.68 Å². The van der Waals surface area contributed by atoms with Crippen molar-refractivity contribution in [2.75, 3.05) is 12.8 Å². The van der Waals surface area contributed by atoms with E-state index < -0.39 is 0 Å². The van der Waals surface area contributed by atoms with Crippen molar-refractivity contribution in [1.82, 2.24) is 15.1 Å². The van der Waals surface area contributed by atoms with E-state index in [0.717, 1.165) is 18.8 Å². The van der Waals surface area contributed by atoms with Gasteiger partial charge in [-0.15, -0.1) is 0 Å². The summed E-state index contributed by atoms with van der Waals surface area (Å²) in [7, 11) is 0. The Hall–Kier alpha value is -0.480. The van der Waals surface area contributed by atoms with Crippen LogP contribution in [0, 0.1) is 0 Å². The predicted octanol–water partition coefficient (Wildman–Crippen LogP) is 3.23. The lowest BCUT2D eigenvalue weighted by Crippen LogP contribution is -2.34. The lowest BCUT2D eigenvalue weighted by Gasteiger charge is -2.26. The van der Waals surface area contributed by atoms with Crippen molar-refractivity contribution in [3.63, 3.8) is 0 Å². The van der Waals surface area contributed by atoms with Gasteiger partial charge in [-0.1, -0.05) is 12.8 Å². The second-order valence-electron chi connectivity index (χ2n) is 5.58. The minimum absolute atomic E-state index is 0.450. The maximum atomic E-state index is 4.57. The normalized spacial score (nSPS) is 18.7. The van der Waals surface area contributed by atoms with E-state index in [-0.39, 0.29) is 0 Å². The van der Waals surface area contributed by atoms with Crippen molar-refractivity contribution in [1.29, 1.82) is 0 Å². The van der Waals surface area contributed by atoms with Crippen LogP contribution in [0.15, 0.2) is 12.3 Å². The summed E-state index contributed by atoms with van der Waals surface area (Å²) < 4.78 is 2.51. The molecule has 1 N–H and O–H groups in total. The van der Waals surface area contributed by atoms with Gasteiger partial charge in [-0.25, -0.2) is 0 Å². The molecule has 0 saturated heterocycles. The van der Waals surface area contributed by atoms with E-state index in [9.17, 15) is 0 Å². The summed E-state index contributed by atoms with van der Waals surface area (Å²) in [5, 5.41) is 8.16. The minimum atomic E-state index is 0.450. The highest BCUT2D eigenvalue weighted by Gasteiger charge is 2.32. The smallest absolute Gasteiger partial charge is 0.0762 e. The van der Waals surface area contributed by atoms with E-state index in [1.54, 1.807) is 0 Å². The third-order valence-electron chi connectivity index (χ3n) is 3.89. The van der Waals surface area contributed by atoms with E-state index in [1.807, 2.05) is 16.4 Å². The fourth-order valence-corrected chi connectivity index (χ4v) is 3.59. The third-order valence-corrected chi connectivity index (χ3v) is 5.31. The van der Waals surface area contributed by atoms with Crippen molar-refractivity contribution in [3.05, 3.63) is 18.0 Å². The molecule has 0 aliphatic heterocycles. The average Bonchev–Trinajstić information content (AvgIpc) is 2.98. The second-order valence-corrected chi connectivity index (χ2v) is 6.85. The molecule has 2 rings (SSSR count). The molecule has 1 aliphatic rings. The van der Waals surface area contributed by atoms with E-state index in [1.165, 1.54) is 25.7 Å². The van der Waals surface area contributed by atoms with Crippen LogP contribution in [0.2, 0.25) is 0 Å². The fraction of sp³-hybridized carbons (Fsp3) is 0.786. The van der Waals surface area contributed by atoms with Crippen molar-refractivity contribution < 1.29 is 0 Å². The van der Waals surface area contributed by atoms with E-state index in [4.69, 9.17) is 0 Å². The predicted molar refractivity (Wildman–Crippen MR) is 79.0 cm³/mol. The molecule has 1 aromatic heterocycles. The summed E-state index contributed by atoms with van der Waals surface area (Å²) in [6, 6.07) is 2.57. The summed E-state index contributed by atoms with van der Waals surface area (Å²) in [6.07, 6.45) is 9.83. The Labute approximate surface area is 115 Å².